The van der Waals surface area contributed by atoms with E-state index in [0.717, 1.165) is 45.3 Å². The number of carbonyl (C=O) groups excluding carboxylic acids is 3. The predicted octanol–water partition coefficient (Wildman–Crippen LogP) is 2.45. The molecular weight excluding hydrogens is 536 g/mol. The number of hydrogen-bond donors (Lipinski definition) is 2. The number of fused-ring (bicyclic) bond motifs is 1. The minimum atomic E-state index is -1.16. The standard InChI is InChI=1S/C32H44N4O6/c1-20-6-4-7-24(21(20)2)34-30(38)28-32-13-12-25(42-32)26(29(37)33-22-8-10-23(40-3)11-9-22)27(32)31(39)36(28)15-5-14-35-16-18-41-19-17-35/h8-13,20-21,24-28H,4-7,14-19H2,1-3H3,(H,33,37)(H,34,38)/t20-,21+,24+,25-,26+,27-,28-,32-/m0/s1. The average Bonchev–Trinajstić information content (AvgIpc) is 3.64. The minimum absolute atomic E-state index is 0.0544. The van der Waals surface area contributed by atoms with E-state index in [9.17, 15) is 14.4 Å². The molecule has 2 N–H and O–H groups in total. The highest BCUT2D eigenvalue weighted by atomic mass is 16.5. The van der Waals surface area contributed by atoms with Crippen molar-refractivity contribution in [3.8, 4) is 5.75 Å². The number of methoxy groups -OCH3 is 1. The Morgan fingerprint density at radius 1 is 1.07 bits per heavy atom. The maximum Gasteiger partial charge on any atom is 0.246 e. The Balaban J connectivity index is 1.24. The summed E-state index contributed by atoms with van der Waals surface area (Å²) in [6.45, 7) is 8.84. The number of morpholine rings is 1. The van der Waals surface area contributed by atoms with Gasteiger partial charge in [0, 0.05) is 37.9 Å². The van der Waals surface area contributed by atoms with E-state index in [1.54, 1.807) is 36.3 Å². The van der Waals surface area contributed by atoms with Crippen molar-refractivity contribution in [2.45, 2.75) is 63.3 Å². The van der Waals surface area contributed by atoms with Crippen LogP contribution in [0.3, 0.4) is 0 Å². The summed E-state index contributed by atoms with van der Waals surface area (Å²) in [5.74, 6) is -0.554. The van der Waals surface area contributed by atoms with Gasteiger partial charge in [-0.1, -0.05) is 38.8 Å². The molecule has 0 radical (unpaired) electrons. The molecule has 228 valence electrons. The van der Waals surface area contributed by atoms with Crippen LogP contribution in [0.4, 0.5) is 5.69 Å². The summed E-state index contributed by atoms with van der Waals surface area (Å²) in [4.78, 5) is 46.1. The molecule has 4 heterocycles. The van der Waals surface area contributed by atoms with Crippen molar-refractivity contribution >= 4 is 23.4 Å². The lowest BCUT2D eigenvalue weighted by Gasteiger charge is -2.38. The van der Waals surface area contributed by atoms with Gasteiger partial charge in [-0.15, -0.1) is 0 Å². The molecule has 10 heteroatoms. The van der Waals surface area contributed by atoms with Crippen molar-refractivity contribution in [2.75, 3.05) is 51.8 Å². The van der Waals surface area contributed by atoms with Gasteiger partial charge in [0.15, 0.2) is 0 Å². The Morgan fingerprint density at radius 3 is 2.57 bits per heavy atom. The van der Waals surface area contributed by atoms with Crippen molar-refractivity contribution in [1.82, 2.24) is 15.1 Å². The fourth-order valence-corrected chi connectivity index (χ4v) is 7.74. The first-order valence-corrected chi connectivity index (χ1v) is 15.6. The predicted molar refractivity (Wildman–Crippen MR) is 157 cm³/mol. The first-order valence-electron chi connectivity index (χ1n) is 15.6. The van der Waals surface area contributed by atoms with Gasteiger partial charge < -0.3 is 29.7 Å². The Bertz CT molecular complexity index is 1200. The second-order valence-corrected chi connectivity index (χ2v) is 12.6. The fraction of sp³-hybridized carbons (Fsp3) is 0.656. The zero-order chi connectivity index (χ0) is 29.4. The number of nitrogens with zero attached hydrogens (tertiary/aromatic N) is 2. The number of nitrogens with one attached hydrogen (secondary N) is 2. The largest absolute Gasteiger partial charge is 0.497 e. The molecule has 1 spiro atoms. The number of rotatable bonds is 9. The Labute approximate surface area is 248 Å². The fourth-order valence-electron chi connectivity index (χ4n) is 7.74. The highest BCUT2D eigenvalue weighted by molar-refractivity contribution is 6.02. The first-order chi connectivity index (χ1) is 20.3. The molecule has 0 unspecified atom stereocenters. The number of benzene rings is 1. The molecular formula is C32H44N4O6. The molecule has 42 heavy (non-hydrogen) atoms. The van der Waals surface area contributed by atoms with Gasteiger partial charge in [0.05, 0.1) is 38.3 Å². The van der Waals surface area contributed by atoms with Gasteiger partial charge in [-0.2, -0.15) is 0 Å². The first kappa shape index (κ1) is 29.1. The molecule has 4 fully saturated rings. The third-order valence-electron chi connectivity index (χ3n) is 10.3. The summed E-state index contributed by atoms with van der Waals surface area (Å²) in [5.41, 5.74) is -0.542. The molecule has 5 aliphatic rings. The summed E-state index contributed by atoms with van der Waals surface area (Å²) < 4.78 is 17.2. The zero-order valence-electron chi connectivity index (χ0n) is 24.9. The molecule has 3 amide bonds. The molecule has 1 aromatic carbocycles. The molecule has 10 nitrogen and oxygen atoms in total. The van der Waals surface area contributed by atoms with Crippen LogP contribution >= 0.6 is 0 Å². The second-order valence-electron chi connectivity index (χ2n) is 12.6. The van der Waals surface area contributed by atoms with Crippen LogP contribution in [0.15, 0.2) is 36.4 Å². The summed E-state index contributed by atoms with van der Waals surface area (Å²) in [6, 6.07) is 6.33. The number of anilines is 1. The number of likely N-dealkylation sites (tertiary alicyclic amines) is 1. The van der Waals surface area contributed by atoms with Crippen molar-refractivity contribution in [3.63, 3.8) is 0 Å². The topological polar surface area (TPSA) is 109 Å². The van der Waals surface area contributed by atoms with E-state index >= 15 is 0 Å². The van der Waals surface area contributed by atoms with E-state index in [1.165, 1.54) is 0 Å². The van der Waals surface area contributed by atoms with E-state index in [4.69, 9.17) is 14.2 Å². The van der Waals surface area contributed by atoms with E-state index < -0.39 is 29.6 Å². The highest BCUT2D eigenvalue weighted by Crippen LogP contribution is 2.55. The van der Waals surface area contributed by atoms with Crippen LogP contribution in [0.5, 0.6) is 5.75 Å². The van der Waals surface area contributed by atoms with Crippen LogP contribution in [0.25, 0.3) is 0 Å². The lowest BCUT2D eigenvalue weighted by molar-refractivity contribution is -0.141. The summed E-state index contributed by atoms with van der Waals surface area (Å²) in [7, 11) is 1.59. The van der Waals surface area contributed by atoms with Gasteiger partial charge in [-0.25, -0.2) is 0 Å². The minimum Gasteiger partial charge on any atom is -0.497 e. The number of hydrogen-bond acceptors (Lipinski definition) is 7. The van der Waals surface area contributed by atoms with E-state index in [-0.39, 0.29) is 23.8 Å². The van der Waals surface area contributed by atoms with E-state index in [1.807, 2.05) is 12.2 Å². The van der Waals surface area contributed by atoms with Gasteiger partial charge in [0.1, 0.15) is 17.4 Å². The van der Waals surface area contributed by atoms with Gasteiger partial charge >= 0.3 is 0 Å². The maximum absolute atomic E-state index is 14.2. The van der Waals surface area contributed by atoms with Crippen molar-refractivity contribution in [3.05, 3.63) is 36.4 Å². The van der Waals surface area contributed by atoms with Crippen molar-refractivity contribution < 1.29 is 28.6 Å². The third-order valence-corrected chi connectivity index (χ3v) is 10.3. The van der Waals surface area contributed by atoms with E-state index in [2.05, 4.69) is 29.4 Å². The van der Waals surface area contributed by atoms with Crippen LogP contribution < -0.4 is 15.4 Å². The number of amides is 3. The molecule has 4 aliphatic heterocycles. The van der Waals surface area contributed by atoms with Crippen molar-refractivity contribution in [1.29, 1.82) is 0 Å². The van der Waals surface area contributed by atoms with Gasteiger partial charge in [-0.3, -0.25) is 19.3 Å². The van der Waals surface area contributed by atoms with Gasteiger partial charge in [0.25, 0.3) is 0 Å². The van der Waals surface area contributed by atoms with Crippen LogP contribution in [-0.2, 0) is 23.9 Å². The molecule has 8 atom stereocenters. The second kappa shape index (κ2) is 12.0. The molecule has 1 aliphatic carbocycles. The summed E-state index contributed by atoms with van der Waals surface area (Å²) >= 11 is 0. The third kappa shape index (κ3) is 5.22. The summed E-state index contributed by atoms with van der Waals surface area (Å²) in [5, 5.41) is 6.30. The zero-order valence-corrected chi connectivity index (χ0v) is 24.9. The van der Waals surface area contributed by atoms with Gasteiger partial charge in [-0.05, 0) is 48.9 Å². The van der Waals surface area contributed by atoms with Crippen LogP contribution in [0.2, 0.25) is 0 Å². The Morgan fingerprint density at radius 2 is 1.83 bits per heavy atom. The Kier molecular flexibility index (Phi) is 8.31. The Hall–Kier alpha value is -2.95. The normalized spacial score (nSPS) is 35.7. The summed E-state index contributed by atoms with van der Waals surface area (Å²) in [6.07, 6.45) is 7.08. The van der Waals surface area contributed by atoms with Crippen LogP contribution in [-0.4, -0.2) is 97.8 Å². The molecule has 1 aromatic rings. The smallest absolute Gasteiger partial charge is 0.246 e. The maximum atomic E-state index is 14.2. The lowest BCUT2D eigenvalue weighted by atomic mass is 9.73. The van der Waals surface area contributed by atoms with Gasteiger partial charge in [0.2, 0.25) is 17.7 Å². The molecule has 1 saturated carbocycles. The monoisotopic (exact) mass is 580 g/mol. The van der Waals surface area contributed by atoms with E-state index in [0.29, 0.717) is 43.0 Å². The lowest BCUT2D eigenvalue weighted by Crippen LogP contribution is -2.58. The SMILES string of the molecule is COc1ccc(NC(=O)[C@@H]2[C@@H]3C=C[C@]4(O3)[C@@H]2C(=O)N(CCCN2CCOCC2)[C@H]4C(=O)N[C@@H]2CCC[C@H](C)[C@H]2C)cc1. The number of carbonyl (C=O) groups is 3. The molecule has 6 rings (SSSR count). The molecule has 2 bridgehead atoms. The van der Waals surface area contributed by atoms with Crippen LogP contribution in [0, 0.1) is 23.7 Å². The average molecular weight is 581 g/mol. The van der Waals surface area contributed by atoms with Crippen molar-refractivity contribution in [2.24, 2.45) is 23.7 Å². The highest BCUT2D eigenvalue weighted by Gasteiger charge is 2.72. The van der Waals surface area contributed by atoms with Crippen LogP contribution in [0.1, 0.15) is 39.5 Å². The quantitative estimate of drug-likeness (QED) is 0.432. The molecule has 3 saturated heterocycles. The number of ether oxygens (including phenoxy) is 3. The molecule has 0 aromatic heterocycles.